The van der Waals surface area contributed by atoms with E-state index in [-0.39, 0.29) is 5.91 Å². The summed E-state index contributed by atoms with van der Waals surface area (Å²) in [4.78, 5) is 15.1. The Labute approximate surface area is 154 Å². The number of methoxy groups -OCH3 is 2. The fourth-order valence-electron chi connectivity index (χ4n) is 3.52. The monoisotopic (exact) mass is 354 g/mol. The molecule has 1 unspecified atom stereocenters. The van der Waals surface area contributed by atoms with E-state index in [0.29, 0.717) is 24.5 Å². The second-order valence-electron chi connectivity index (χ2n) is 6.80. The molecular weight excluding hydrogens is 328 g/mol. The van der Waals surface area contributed by atoms with Gasteiger partial charge in [-0.3, -0.25) is 9.69 Å². The Balaban J connectivity index is 1.87. The Morgan fingerprint density at radius 2 is 1.77 bits per heavy atom. The summed E-state index contributed by atoms with van der Waals surface area (Å²) >= 11 is 0. The van der Waals surface area contributed by atoms with Gasteiger partial charge >= 0.3 is 0 Å². The maximum absolute atomic E-state index is 12.8. The average Bonchev–Trinajstić information content (AvgIpc) is 2.66. The van der Waals surface area contributed by atoms with E-state index in [0.717, 1.165) is 18.7 Å². The number of hydrogen-bond acceptors (Lipinski definition) is 4. The molecule has 138 valence electrons. The van der Waals surface area contributed by atoms with E-state index in [9.17, 15) is 4.79 Å². The van der Waals surface area contributed by atoms with E-state index < -0.39 is 5.54 Å². The summed E-state index contributed by atoms with van der Waals surface area (Å²) in [5, 5.41) is 3.02. The number of nitrogens with zero attached hydrogens (tertiary/aromatic N) is 1. The fourth-order valence-corrected chi connectivity index (χ4v) is 3.52. The maximum atomic E-state index is 12.8. The van der Waals surface area contributed by atoms with Crippen LogP contribution in [0.2, 0.25) is 0 Å². The number of rotatable bonds is 6. The third kappa shape index (κ3) is 3.68. The van der Waals surface area contributed by atoms with Gasteiger partial charge in [0, 0.05) is 19.6 Å². The van der Waals surface area contributed by atoms with Crippen molar-refractivity contribution in [1.82, 2.24) is 10.2 Å². The predicted octanol–water partition coefficient (Wildman–Crippen LogP) is 2.64. The van der Waals surface area contributed by atoms with Crippen molar-refractivity contribution in [2.24, 2.45) is 0 Å². The molecule has 1 atom stereocenters. The summed E-state index contributed by atoms with van der Waals surface area (Å²) in [7, 11) is 3.24. The van der Waals surface area contributed by atoms with Crippen molar-refractivity contribution in [2.45, 2.75) is 25.4 Å². The molecule has 0 radical (unpaired) electrons. The number of nitrogens with one attached hydrogen (secondary N) is 1. The molecular formula is C21H26N2O3. The second-order valence-corrected chi connectivity index (χ2v) is 6.80. The first-order chi connectivity index (χ1) is 12.6. The van der Waals surface area contributed by atoms with E-state index in [1.165, 1.54) is 5.56 Å². The first-order valence-corrected chi connectivity index (χ1v) is 8.85. The molecule has 1 aliphatic rings. The smallest absolute Gasteiger partial charge is 0.240 e. The molecule has 3 rings (SSSR count). The van der Waals surface area contributed by atoms with Gasteiger partial charge in [-0.15, -0.1) is 0 Å². The molecule has 1 amide bonds. The number of ether oxygens (including phenoxy) is 2. The average molecular weight is 354 g/mol. The van der Waals surface area contributed by atoms with Crippen LogP contribution in [0.3, 0.4) is 0 Å². The van der Waals surface area contributed by atoms with Crippen LogP contribution >= 0.6 is 0 Å². The molecule has 2 aromatic carbocycles. The molecule has 5 heteroatoms. The van der Waals surface area contributed by atoms with Crippen molar-refractivity contribution in [3.8, 4) is 11.5 Å². The number of benzene rings is 2. The van der Waals surface area contributed by atoms with Crippen LogP contribution in [0.5, 0.6) is 11.5 Å². The van der Waals surface area contributed by atoms with Crippen molar-refractivity contribution in [2.75, 3.05) is 27.3 Å². The van der Waals surface area contributed by atoms with Crippen LogP contribution < -0.4 is 14.8 Å². The largest absolute Gasteiger partial charge is 0.493 e. The number of hydrogen-bond donors (Lipinski definition) is 1. The highest BCUT2D eigenvalue weighted by Crippen LogP contribution is 2.31. The Morgan fingerprint density at radius 1 is 1.04 bits per heavy atom. The van der Waals surface area contributed by atoms with Gasteiger partial charge in [0.25, 0.3) is 0 Å². The van der Waals surface area contributed by atoms with Gasteiger partial charge < -0.3 is 14.8 Å². The van der Waals surface area contributed by atoms with Crippen LogP contribution in [0.15, 0.2) is 48.5 Å². The highest BCUT2D eigenvalue weighted by molar-refractivity contribution is 5.87. The molecule has 0 aliphatic carbocycles. The standard InChI is InChI=1S/C21H26N2O3/c1-21(14-17-9-10-18(25-2)19(13-17)26-3)20(24)22-11-12-23(21)15-16-7-5-4-6-8-16/h4-10,13H,11-12,14-15H2,1-3H3,(H,22,24). The van der Waals surface area contributed by atoms with Crippen LogP contribution in [-0.2, 0) is 17.8 Å². The molecule has 0 aromatic heterocycles. The summed E-state index contributed by atoms with van der Waals surface area (Å²) < 4.78 is 10.7. The maximum Gasteiger partial charge on any atom is 0.240 e. The van der Waals surface area contributed by atoms with Gasteiger partial charge in [-0.05, 0) is 36.6 Å². The molecule has 1 aliphatic heterocycles. The molecule has 0 bridgehead atoms. The first-order valence-electron chi connectivity index (χ1n) is 8.85. The van der Waals surface area contributed by atoms with Gasteiger partial charge in [0.2, 0.25) is 5.91 Å². The summed E-state index contributed by atoms with van der Waals surface area (Å²) in [6, 6.07) is 16.1. The van der Waals surface area contributed by atoms with Gasteiger partial charge in [-0.2, -0.15) is 0 Å². The van der Waals surface area contributed by atoms with Gasteiger partial charge in [-0.1, -0.05) is 36.4 Å². The third-order valence-corrected chi connectivity index (χ3v) is 5.07. The zero-order valence-electron chi connectivity index (χ0n) is 15.6. The van der Waals surface area contributed by atoms with E-state index in [4.69, 9.17) is 9.47 Å². The minimum absolute atomic E-state index is 0.0643. The van der Waals surface area contributed by atoms with E-state index in [1.807, 2.05) is 43.3 Å². The highest BCUT2D eigenvalue weighted by atomic mass is 16.5. The summed E-state index contributed by atoms with van der Waals surface area (Å²) in [5.41, 5.74) is 1.63. The first kappa shape index (κ1) is 18.3. The molecule has 0 spiro atoms. The molecule has 2 aromatic rings. The molecule has 1 heterocycles. The van der Waals surface area contributed by atoms with Crippen molar-refractivity contribution < 1.29 is 14.3 Å². The van der Waals surface area contributed by atoms with Gasteiger partial charge in [0.15, 0.2) is 11.5 Å². The number of piperazine rings is 1. The van der Waals surface area contributed by atoms with Gasteiger partial charge in [0.1, 0.15) is 5.54 Å². The van der Waals surface area contributed by atoms with Gasteiger partial charge in [-0.25, -0.2) is 0 Å². The van der Waals surface area contributed by atoms with Gasteiger partial charge in [0.05, 0.1) is 14.2 Å². The molecule has 1 saturated heterocycles. The normalized spacial score (nSPS) is 20.5. The SMILES string of the molecule is COc1ccc(CC2(C)C(=O)NCCN2Cc2ccccc2)cc1OC. The van der Waals surface area contributed by atoms with Crippen LogP contribution in [-0.4, -0.2) is 43.7 Å². The lowest BCUT2D eigenvalue weighted by Crippen LogP contribution is -2.63. The molecule has 26 heavy (non-hydrogen) atoms. The number of amides is 1. The Kier molecular flexibility index (Phi) is 5.47. The Bertz CT molecular complexity index is 763. The van der Waals surface area contributed by atoms with Crippen molar-refractivity contribution in [3.63, 3.8) is 0 Å². The van der Waals surface area contributed by atoms with Crippen LogP contribution in [0.25, 0.3) is 0 Å². The fraction of sp³-hybridized carbons (Fsp3) is 0.381. The van der Waals surface area contributed by atoms with Crippen LogP contribution in [0.4, 0.5) is 0 Å². The molecule has 5 nitrogen and oxygen atoms in total. The van der Waals surface area contributed by atoms with E-state index in [2.05, 4.69) is 22.3 Å². The minimum Gasteiger partial charge on any atom is -0.493 e. The number of carbonyl (C=O) groups excluding carboxylic acids is 1. The van der Waals surface area contributed by atoms with Crippen LogP contribution in [0.1, 0.15) is 18.1 Å². The minimum atomic E-state index is -0.617. The van der Waals surface area contributed by atoms with Crippen molar-refractivity contribution in [1.29, 1.82) is 0 Å². The second kappa shape index (κ2) is 7.79. The zero-order valence-corrected chi connectivity index (χ0v) is 15.6. The Hall–Kier alpha value is -2.53. The lowest BCUT2D eigenvalue weighted by atomic mass is 9.87. The third-order valence-electron chi connectivity index (χ3n) is 5.07. The zero-order chi connectivity index (χ0) is 18.6. The van der Waals surface area contributed by atoms with Crippen molar-refractivity contribution >= 4 is 5.91 Å². The van der Waals surface area contributed by atoms with Crippen molar-refractivity contribution in [3.05, 3.63) is 59.7 Å². The Morgan fingerprint density at radius 3 is 2.46 bits per heavy atom. The molecule has 1 fully saturated rings. The van der Waals surface area contributed by atoms with E-state index >= 15 is 0 Å². The van der Waals surface area contributed by atoms with E-state index in [1.54, 1.807) is 14.2 Å². The lowest BCUT2D eigenvalue weighted by molar-refractivity contribution is -0.136. The quantitative estimate of drug-likeness (QED) is 0.866. The molecule has 1 N–H and O–H groups in total. The topological polar surface area (TPSA) is 50.8 Å². The summed E-state index contributed by atoms with van der Waals surface area (Å²) in [5.74, 6) is 1.43. The predicted molar refractivity (Wildman–Crippen MR) is 102 cm³/mol. The lowest BCUT2D eigenvalue weighted by Gasteiger charge is -2.44. The highest BCUT2D eigenvalue weighted by Gasteiger charge is 2.42. The van der Waals surface area contributed by atoms with Crippen LogP contribution in [0, 0.1) is 0 Å². The number of carbonyl (C=O) groups is 1. The summed E-state index contributed by atoms with van der Waals surface area (Å²) in [6.07, 6.45) is 0.603. The summed E-state index contributed by atoms with van der Waals surface area (Å²) in [6.45, 7) is 4.26. The molecule has 0 saturated carbocycles.